The van der Waals surface area contributed by atoms with Gasteiger partial charge in [0.2, 0.25) is 5.91 Å². The number of hydrogen-bond donors (Lipinski definition) is 2. The lowest BCUT2D eigenvalue weighted by Crippen LogP contribution is -2.42. The molecule has 68 valence electrons. The Morgan fingerprint density at radius 3 is 3.17 bits per heavy atom. The Bertz CT molecular complexity index is 208. The minimum atomic E-state index is -0.933. The standard InChI is InChI=1S/C7H11NO4/c1-11-7-3-2-4(6(10)12-7)8-5(3)9/h3-4,6-7,10H,2H2,1H3,(H,8,9). The summed E-state index contributed by atoms with van der Waals surface area (Å²) in [5.41, 5.74) is 0. The van der Waals surface area contributed by atoms with Gasteiger partial charge < -0.3 is 19.9 Å². The van der Waals surface area contributed by atoms with Crippen molar-refractivity contribution in [3.8, 4) is 0 Å². The minimum Gasteiger partial charge on any atom is -0.366 e. The van der Waals surface area contributed by atoms with Gasteiger partial charge in [-0.2, -0.15) is 0 Å². The second kappa shape index (κ2) is 2.69. The molecular formula is C7H11NO4. The summed E-state index contributed by atoms with van der Waals surface area (Å²) in [6.45, 7) is 0. The van der Waals surface area contributed by atoms with Gasteiger partial charge in [0.05, 0.1) is 12.0 Å². The fourth-order valence-corrected chi connectivity index (χ4v) is 1.70. The van der Waals surface area contributed by atoms with Crippen LogP contribution in [0.2, 0.25) is 0 Å². The first-order valence-corrected chi connectivity index (χ1v) is 3.89. The van der Waals surface area contributed by atoms with E-state index in [0.29, 0.717) is 6.42 Å². The lowest BCUT2D eigenvalue weighted by molar-refractivity contribution is -0.257. The third-order valence-electron chi connectivity index (χ3n) is 2.35. The van der Waals surface area contributed by atoms with Crippen LogP contribution in [-0.4, -0.2) is 36.7 Å². The maximum Gasteiger partial charge on any atom is 0.228 e. The van der Waals surface area contributed by atoms with Gasteiger partial charge in [-0.25, -0.2) is 0 Å². The summed E-state index contributed by atoms with van der Waals surface area (Å²) in [6.07, 6.45) is -0.935. The van der Waals surface area contributed by atoms with Crippen molar-refractivity contribution in [2.75, 3.05) is 7.11 Å². The Kier molecular flexibility index (Phi) is 1.79. The molecule has 5 heteroatoms. The van der Waals surface area contributed by atoms with Crippen LogP contribution in [0.15, 0.2) is 0 Å². The fraction of sp³-hybridized carbons (Fsp3) is 0.857. The number of carbonyl (C=O) groups excluding carboxylic acids is 1. The zero-order chi connectivity index (χ0) is 8.72. The molecule has 2 rings (SSSR count). The molecule has 2 aliphatic rings. The van der Waals surface area contributed by atoms with Crippen molar-refractivity contribution in [1.82, 2.24) is 5.32 Å². The molecule has 0 spiro atoms. The molecule has 2 N–H and O–H groups in total. The zero-order valence-corrected chi connectivity index (χ0v) is 6.69. The van der Waals surface area contributed by atoms with E-state index in [9.17, 15) is 9.90 Å². The predicted octanol–water partition coefficient (Wildman–Crippen LogP) is -1.19. The molecule has 1 amide bonds. The van der Waals surface area contributed by atoms with Crippen LogP contribution < -0.4 is 5.32 Å². The van der Waals surface area contributed by atoms with Crippen molar-refractivity contribution in [3.05, 3.63) is 0 Å². The maximum atomic E-state index is 11.2. The van der Waals surface area contributed by atoms with Crippen molar-refractivity contribution >= 4 is 5.91 Å². The van der Waals surface area contributed by atoms with E-state index in [1.165, 1.54) is 7.11 Å². The Labute approximate surface area is 69.6 Å². The highest BCUT2D eigenvalue weighted by Gasteiger charge is 2.47. The molecule has 2 bridgehead atoms. The summed E-state index contributed by atoms with van der Waals surface area (Å²) in [5, 5.41) is 11.9. The second-order valence-corrected chi connectivity index (χ2v) is 3.09. The molecule has 2 saturated heterocycles. The van der Waals surface area contributed by atoms with Gasteiger partial charge in [0.15, 0.2) is 12.6 Å². The van der Waals surface area contributed by atoms with Crippen LogP contribution in [0.5, 0.6) is 0 Å². The summed E-state index contributed by atoms with van der Waals surface area (Å²) in [7, 11) is 1.46. The number of carbonyl (C=O) groups is 1. The van der Waals surface area contributed by atoms with E-state index in [1.54, 1.807) is 0 Å². The predicted molar refractivity (Wildman–Crippen MR) is 37.9 cm³/mol. The molecule has 2 fully saturated rings. The Morgan fingerprint density at radius 2 is 2.50 bits per heavy atom. The van der Waals surface area contributed by atoms with Crippen LogP contribution in [0.1, 0.15) is 6.42 Å². The Balaban J connectivity index is 2.16. The van der Waals surface area contributed by atoms with Crippen LogP contribution in [0.4, 0.5) is 0 Å². The molecule has 0 aromatic carbocycles. The van der Waals surface area contributed by atoms with Gasteiger partial charge in [0, 0.05) is 7.11 Å². The summed E-state index contributed by atoms with van der Waals surface area (Å²) >= 11 is 0. The lowest BCUT2D eigenvalue weighted by atomic mass is 10.0. The largest absolute Gasteiger partial charge is 0.366 e. The number of nitrogens with one attached hydrogen (secondary N) is 1. The molecule has 0 saturated carbocycles. The molecular weight excluding hydrogens is 162 g/mol. The number of aliphatic hydroxyl groups excluding tert-OH is 1. The first-order chi connectivity index (χ1) is 5.72. The van der Waals surface area contributed by atoms with Gasteiger partial charge in [-0.3, -0.25) is 4.79 Å². The molecule has 2 heterocycles. The molecule has 5 nitrogen and oxygen atoms in total. The third-order valence-corrected chi connectivity index (χ3v) is 2.35. The summed E-state index contributed by atoms with van der Waals surface area (Å²) in [4.78, 5) is 11.2. The first-order valence-electron chi connectivity index (χ1n) is 3.89. The molecule has 2 aliphatic heterocycles. The topological polar surface area (TPSA) is 67.8 Å². The van der Waals surface area contributed by atoms with Crippen LogP contribution >= 0.6 is 0 Å². The van der Waals surface area contributed by atoms with E-state index in [0.717, 1.165) is 0 Å². The van der Waals surface area contributed by atoms with Gasteiger partial charge >= 0.3 is 0 Å². The molecule has 0 aromatic rings. The Morgan fingerprint density at radius 1 is 1.75 bits per heavy atom. The summed E-state index contributed by atoms with van der Waals surface area (Å²) < 4.78 is 9.96. The average Bonchev–Trinajstić information content (AvgIpc) is 2.38. The number of methoxy groups -OCH3 is 1. The number of amides is 1. The van der Waals surface area contributed by atoms with Crippen molar-refractivity contribution in [2.45, 2.75) is 25.0 Å². The number of fused-ring (bicyclic) bond motifs is 2. The highest BCUT2D eigenvalue weighted by atomic mass is 16.7. The lowest BCUT2D eigenvalue weighted by Gasteiger charge is -2.29. The van der Waals surface area contributed by atoms with Crippen molar-refractivity contribution < 1.29 is 19.4 Å². The second-order valence-electron chi connectivity index (χ2n) is 3.09. The van der Waals surface area contributed by atoms with Crippen molar-refractivity contribution in [3.63, 3.8) is 0 Å². The van der Waals surface area contributed by atoms with Crippen molar-refractivity contribution in [1.29, 1.82) is 0 Å². The van der Waals surface area contributed by atoms with Crippen LogP contribution in [-0.2, 0) is 14.3 Å². The quantitative estimate of drug-likeness (QED) is 0.523. The maximum absolute atomic E-state index is 11.2. The van der Waals surface area contributed by atoms with Gasteiger partial charge in [-0.1, -0.05) is 0 Å². The number of rotatable bonds is 1. The van der Waals surface area contributed by atoms with Crippen LogP contribution in [0.25, 0.3) is 0 Å². The minimum absolute atomic E-state index is 0.0941. The average molecular weight is 173 g/mol. The van der Waals surface area contributed by atoms with Gasteiger partial charge in [0.25, 0.3) is 0 Å². The van der Waals surface area contributed by atoms with E-state index in [2.05, 4.69) is 5.32 Å². The molecule has 0 aromatic heterocycles. The SMILES string of the molecule is COC1OC(O)C2CC1C(=O)N2. The molecule has 0 aliphatic carbocycles. The normalized spacial score (nSPS) is 46.0. The number of aliphatic hydroxyl groups is 1. The third kappa shape index (κ3) is 1.01. The van der Waals surface area contributed by atoms with Gasteiger partial charge in [0.1, 0.15) is 0 Å². The van der Waals surface area contributed by atoms with E-state index in [4.69, 9.17) is 9.47 Å². The summed E-state index contributed by atoms with van der Waals surface area (Å²) in [5.74, 6) is -0.355. The van der Waals surface area contributed by atoms with E-state index < -0.39 is 12.6 Å². The number of hydrogen-bond acceptors (Lipinski definition) is 4. The molecule has 4 atom stereocenters. The first kappa shape index (κ1) is 7.97. The molecule has 4 unspecified atom stereocenters. The van der Waals surface area contributed by atoms with Crippen LogP contribution in [0.3, 0.4) is 0 Å². The van der Waals surface area contributed by atoms with Crippen LogP contribution in [0, 0.1) is 5.92 Å². The van der Waals surface area contributed by atoms with E-state index in [-0.39, 0.29) is 17.9 Å². The van der Waals surface area contributed by atoms with Gasteiger partial charge in [-0.05, 0) is 6.42 Å². The molecule has 12 heavy (non-hydrogen) atoms. The molecule has 0 radical (unpaired) electrons. The van der Waals surface area contributed by atoms with Crippen molar-refractivity contribution in [2.24, 2.45) is 5.92 Å². The smallest absolute Gasteiger partial charge is 0.228 e. The fourth-order valence-electron chi connectivity index (χ4n) is 1.70. The van der Waals surface area contributed by atoms with Gasteiger partial charge in [-0.15, -0.1) is 0 Å². The van der Waals surface area contributed by atoms with E-state index >= 15 is 0 Å². The highest BCUT2D eigenvalue weighted by Crippen LogP contribution is 2.30. The zero-order valence-electron chi connectivity index (χ0n) is 6.69. The van der Waals surface area contributed by atoms with E-state index in [1.807, 2.05) is 0 Å². The monoisotopic (exact) mass is 173 g/mol. The number of ether oxygens (including phenoxy) is 2. The highest BCUT2D eigenvalue weighted by molar-refractivity contribution is 5.82. The summed E-state index contributed by atoms with van der Waals surface area (Å²) in [6, 6.07) is -0.256. The Hall–Kier alpha value is -0.650.